The molecule has 0 saturated heterocycles. The van der Waals surface area contributed by atoms with Crippen LogP contribution in [0, 0.1) is 0 Å². The van der Waals surface area contributed by atoms with Gasteiger partial charge in [0.2, 0.25) is 0 Å². The number of nitrogens with zero attached hydrogens (tertiary/aromatic N) is 2. The Bertz CT molecular complexity index is 803. The Labute approximate surface area is 143 Å². The first-order chi connectivity index (χ1) is 11.3. The van der Waals surface area contributed by atoms with E-state index in [-0.39, 0.29) is 5.91 Å². The predicted molar refractivity (Wildman–Crippen MR) is 94.7 cm³/mol. The van der Waals surface area contributed by atoms with Gasteiger partial charge in [-0.05, 0) is 35.9 Å². The second-order valence-corrected chi connectivity index (χ2v) is 6.44. The van der Waals surface area contributed by atoms with Gasteiger partial charge < -0.3 is 5.32 Å². The Balaban J connectivity index is 1.75. The van der Waals surface area contributed by atoms with Gasteiger partial charge in [-0.25, -0.2) is 0 Å². The number of amides is 1. The molecule has 0 atom stereocenters. The maximum absolute atomic E-state index is 12.3. The highest BCUT2D eigenvalue weighted by atomic mass is 32.2. The van der Waals surface area contributed by atoms with Gasteiger partial charge in [0.25, 0.3) is 5.91 Å². The second-order valence-electron chi connectivity index (χ2n) is 4.78. The quantitative estimate of drug-likeness (QED) is 0.716. The Morgan fingerprint density at radius 3 is 2.91 bits per heavy atom. The second kappa shape index (κ2) is 7.39. The van der Waals surface area contributed by atoms with Crippen LogP contribution in [0.4, 0.5) is 0 Å². The van der Waals surface area contributed by atoms with Gasteiger partial charge in [-0.2, -0.15) is 11.3 Å². The summed E-state index contributed by atoms with van der Waals surface area (Å²) < 4.78 is 0. The highest BCUT2D eigenvalue weighted by Crippen LogP contribution is 2.22. The van der Waals surface area contributed by atoms with E-state index in [0.29, 0.717) is 12.1 Å². The largest absolute Gasteiger partial charge is 0.346 e. The van der Waals surface area contributed by atoms with Crippen LogP contribution in [-0.2, 0) is 6.54 Å². The van der Waals surface area contributed by atoms with Crippen molar-refractivity contribution in [3.8, 4) is 11.3 Å². The van der Waals surface area contributed by atoms with Crippen molar-refractivity contribution in [2.24, 2.45) is 0 Å². The zero-order valence-corrected chi connectivity index (χ0v) is 14.2. The number of thiophene rings is 1. The minimum atomic E-state index is -0.108. The molecule has 116 valence electrons. The predicted octanol–water partition coefficient (Wildman–Crippen LogP) is 3.86. The fourth-order valence-corrected chi connectivity index (χ4v) is 3.27. The SMILES string of the molecule is CSc1cccc(C(=O)NCc2nccnc2-c2ccsc2)c1. The lowest BCUT2D eigenvalue weighted by Gasteiger charge is -2.08. The van der Waals surface area contributed by atoms with Crippen LogP contribution in [0.25, 0.3) is 11.3 Å². The van der Waals surface area contributed by atoms with Crippen LogP contribution in [0.2, 0.25) is 0 Å². The molecule has 2 heterocycles. The van der Waals surface area contributed by atoms with E-state index in [2.05, 4.69) is 15.3 Å². The molecule has 23 heavy (non-hydrogen) atoms. The lowest BCUT2D eigenvalue weighted by Crippen LogP contribution is -2.23. The Morgan fingerprint density at radius 1 is 1.26 bits per heavy atom. The molecule has 1 amide bonds. The van der Waals surface area contributed by atoms with Crippen molar-refractivity contribution < 1.29 is 4.79 Å². The molecule has 0 radical (unpaired) electrons. The summed E-state index contributed by atoms with van der Waals surface area (Å²) in [6.07, 6.45) is 5.30. The first-order valence-electron chi connectivity index (χ1n) is 7.02. The first-order valence-corrected chi connectivity index (χ1v) is 9.19. The topological polar surface area (TPSA) is 54.9 Å². The van der Waals surface area contributed by atoms with Gasteiger partial charge in [-0.3, -0.25) is 14.8 Å². The number of carbonyl (C=O) groups is 1. The summed E-state index contributed by atoms with van der Waals surface area (Å²) in [4.78, 5) is 22.1. The maximum Gasteiger partial charge on any atom is 0.251 e. The molecule has 1 N–H and O–H groups in total. The molecule has 4 nitrogen and oxygen atoms in total. The van der Waals surface area contributed by atoms with Crippen LogP contribution >= 0.6 is 23.1 Å². The fraction of sp³-hybridized carbons (Fsp3) is 0.118. The average Bonchev–Trinajstić information content (AvgIpc) is 3.14. The monoisotopic (exact) mass is 341 g/mol. The van der Waals surface area contributed by atoms with Crippen LogP contribution in [0.3, 0.4) is 0 Å². The maximum atomic E-state index is 12.3. The summed E-state index contributed by atoms with van der Waals surface area (Å²) in [5.41, 5.74) is 3.25. The first kappa shape index (κ1) is 15.7. The standard InChI is InChI=1S/C17H15N3OS2/c1-22-14-4-2-3-12(9-14)17(21)20-10-15-16(19-7-6-18-15)13-5-8-23-11-13/h2-9,11H,10H2,1H3,(H,20,21). The summed E-state index contributed by atoms with van der Waals surface area (Å²) in [6.45, 7) is 0.349. The zero-order valence-electron chi connectivity index (χ0n) is 12.5. The fourth-order valence-electron chi connectivity index (χ4n) is 2.17. The lowest BCUT2D eigenvalue weighted by molar-refractivity contribution is 0.0950. The van der Waals surface area contributed by atoms with Crippen LogP contribution < -0.4 is 5.32 Å². The number of thioether (sulfide) groups is 1. The van der Waals surface area contributed by atoms with E-state index >= 15 is 0 Å². The van der Waals surface area contributed by atoms with Gasteiger partial charge in [-0.15, -0.1) is 11.8 Å². The van der Waals surface area contributed by atoms with Crippen molar-refractivity contribution >= 4 is 29.0 Å². The summed E-state index contributed by atoms with van der Waals surface area (Å²) in [7, 11) is 0. The van der Waals surface area contributed by atoms with Gasteiger partial charge in [0.05, 0.1) is 17.9 Å². The molecule has 0 saturated carbocycles. The molecular weight excluding hydrogens is 326 g/mol. The molecule has 0 bridgehead atoms. The van der Waals surface area contributed by atoms with E-state index in [9.17, 15) is 4.79 Å². The van der Waals surface area contributed by atoms with Gasteiger partial charge in [0.1, 0.15) is 0 Å². The van der Waals surface area contributed by atoms with Crippen molar-refractivity contribution in [3.63, 3.8) is 0 Å². The summed E-state index contributed by atoms with van der Waals surface area (Å²) >= 11 is 3.23. The minimum Gasteiger partial charge on any atom is -0.346 e. The van der Waals surface area contributed by atoms with Crippen LogP contribution in [0.15, 0.2) is 58.4 Å². The number of benzene rings is 1. The minimum absolute atomic E-state index is 0.108. The van der Waals surface area contributed by atoms with E-state index in [1.807, 2.05) is 47.3 Å². The van der Waals surface area contributed by atoms with Crippen molar-refractivity contribution in [2.75, 3.05) is 6.26 Å². The van der Waals surface area contributed by atoms with E-state index < -0.39 is 0 Å². The molecule has 3 rings (SSSR count). The third kappa shape index (κ3) is 3.78. The molecule has 0 aliphatic carbocycles. The van der Waals surface area contributed by atoms with Gasteiger partial charge in [0, 0.05) is 33.8 Å². The van der Waals surface area contributed by atoms with Gasteiger partial charge in [0.15, 0.2) is 0 Å². The zero-order chi connectivity index (χ0) is 16.1. The smallest absolute Gasteiger partial charge is 0.251 e. The number of hydrogen-bond acceptors (Lipinski definition) is 5. The normalized spacial score (nSPS) is 10.5. The summed E-state index contributed by atoms with van der Waals surface area (Å²) in [5.74, 6) is -0.108. The lowest BCUT2D eigenvalue weighted by atomic mass is 10.1. The molecule has 0 aliphatic rings. The molecule has 6 heteroatoms. The van der Waals surface area contributed by atoms with Crippen molar-refractivity contribution in [2.45, 2.75) is 11.4 Å². The number of nitrogens with one attached hydrogen (secondary N) is 1. The average molecular weight is 341 g/mol. The summed E-state index contributed by atoms with van der Waals surface area (Å²) in [5, 5.41) is 6.95. The van der Waals surface area contributed by atoms with Crippen molar-refractivity contribution in [3.05, 3.63) is 64.7 Å². The van der Waals surface area contributed by atoms with Crippen LogP contribution in [-0.4, -0.2) is 22.1 Å². The van der Waals surface area contributed by atoms with Crippen LogP contribution in [0.5, 0.6) is 0 Å². The van der Waals surface area contributed by atoms with Crippen molar-refractivity contribution in [1.82, 2.24) is 15.3 Å². The Hall–Kier alpha value is -2.18. The third-order valence-corrected chi connectivity index (χ3v) is 4.73. The number of hydrogen-bond donors (Lipinski definition) is 1. The third-order valence-electron chi connectivity index (χ3n) is 3.32. The molecular formula is C17H15N3OS2. The van der Waals surface area contributed by atoms with Crippen LogP contribution in [0.1, 0.15) is 16.1 Å². The molecule has 2 aromatic heterocycles. The van der Waals surface area contributed by atoms with Gasteiger partial charge >= 0.3 is 0 Å². The Morgan fingerprint density at radius 2 is 2.13 bits per heavy atom. The van der Waals surface area contributed by atoms with E-state index in [1.165, 1.54) is 0 Å². The van der Waals surface area contributed by atoms with Gasteiger partial charge in [-0.1, -0.05) is 6.07 Å². The number of aromatic nitrogens is 2. The van der Waals surface area contributed by atoms with Crippen molar-refractivity contribution in [1.29, 1.82) is 0 Å². The van der Waals surface area contributed by atoms with E-state index in [0.717, 1.165) is 21.8 Å². The molecule has 0 fully saturated rings. The highest BCUT2D eigenvalue weighted by Gasteiger charge is 2.11. The molecule has 1 aromatic carbocycles. The summed E-state index contributed by atoms with van der Waals surface area (Å²) in [6, 6.07) is 9.57. The molecule has 0 spiro atoms. The molecule has 3 aromatic rings. The number of rotatable bonds is 5. The van der Waals surface area contributed by atoms with E-state index in [4.69, 9.17) is 0 Å². The molecule has 0 aliphatic heterocycles. The molecule has 0 unspecified atom stereocenters. The Kier molecular flexibility index (Phi) is 5.05. The highest BCUT2D eigenvalue weighted by molar-refractivity contribution is 7.98. The number of carbonyl (C=O) groups excluding carboxylic acids is 1. The van der Waals surface area contributed by atoms with E-state index in [1.54, 1.807) is 35.5 Å².